The Kier molecular flexibility index (Phi) is 3.25. The fourth-order valence-corrected chi connectivity index (χ4v) is 2.65. The summed E-state index contributed by atoms with van der Waals surface area (Å²) < 4.78 is 0. The first-order valence-electron chi connectivity index (χ1n) is 6.52. The monoisotopic (exact) mass is 246 g/mol. The predicted molar refractivity (Wildman–Crippen MR) is 68.4 cm³/mol. The van der Waals surface area contributed by atoms with Crippen LogP contribution in [0.1, 0.15) is 27.9 Å². The van der Waals surface area contributed by atoms with E-state index in [0.29, 0.717) is 0 Å². The predicted octanol–water partition coefficient (Wildman–Crippen LogP) is -0.181. The Labute approximate surface area is 106 Å². The van der Waals surface area contributed by atoms with Gasteiger partial charge in [0.2, 0.25) is 0 Å². The zero-order chi connectivity index (χ0) is 12.4. The number of rotatable bonds is 2. The van der Waals surface area contributed by atoms with E-state index in [0.717, 1.165) is 55.7 Å². The third kappa shape index (κ3) is 2.23. The summed E-state index contributed by atoms with van der Waals surface area (Å²) in [6, 6.07) is 0.259. The lowest BCUT2D eigenvalue weighted by Crippen LogP contribution is -2.37. The molecule has 0 bridgehead atoms. The summed E-state index contributed by atoms with van der Waals surface area (Å²) in [5, 5.41) is 9.63. The van der Waals surface area contributed by atoms with Crippen LogP contribution in [0.15, 0.2) is 12.4 Å². The van der Waals surface area contributed by atoms with Crippen LogP contribution >= 0.6 is 0 Å². The van der Waals surface area contributed by atoms with Crippen molar-refractivity contribution in [3.05, 3.63) is 29.1 Å². The second-order valence-electron chi connectivity index (χ2n) is 4.91. The minimum absolute atomic E-state index is 0.0231. The number of fused-ring (bicyclic) bond motifs is 1. The lowest BCUT2D eigenvalue weighted by atomic mass is 9.98. The van der Waals surface area contributed by atoms with Gasteiger partial charge in [0.05, 0.1) is 5.56 Å². The Bertz CT molecular complexity index is 454. The van der Waals surface area contributed by atoms with Crippen molar-refractivity contribution in [3.8, 4) is 0 Å². The maximum Gasteiger partial charge on any atom is 0.253 e. The maximum absolute atomic E-state index is 12.3. The molecule has 0 saturated carbocycles. The van der Waals surface area contributed by atoms with E-state index in [1.54, 1.807) is 6.20 Å². The fourth-order valence-electron chi connectivity index (χ4n) is 2.65. The van der Waals surface area contributed by atoms with Gasteiger partial charge in [-0.1, -0.05) is 0 Å². The summed E-state index contributed by atoms with van der Waals surface area (Å²) in [5.74, 6) is 0.0231. The first-order chi connectivity index (χ1) is 8.84. The number of pyridine rings is 1. The summed E-state index contributed by atoms with van der Waals surface area (Å²) in [4.78, 5) is 16.5. The molecule has 1 saturated heterocycles. The summed E-state index contributed by atoms with van der Waals surface area (Å²) in [7, 11) is 0. The molecule has 5 heteroatoms. The van der Waals surface area contributed by atoms with Gasteiger partial charge in [-0.15, -0.1) is 0 Å². The van der Waals surface area contributed by atoms with Crippen molar-refractivity contribution in [2.75, 3.05) is 19.6 Å². The molecule has 0 aliphatic carbocycles. The van der Waals surface area contributed by atoms with Gasteiger partial charge in [0.25, 0.3) is 5.91 Å². The van der Waals surface area contributed by atoms with Crippen molar-refractivity contribution in [1.82, 2.24) is 20.9 Å². The zero-order valence-electron chi connectivity index (χ0n) is 10.3. The quantitative estimate of drug-likeness (QED) is 0.677. The van der Waals surface area contributed by atoms with Crippen molar-refractivity contribution in [2.45, 2.75) is 25.4 Å². The number of hydrogen-bond donors (Lipinski definition) is 3. The lowest BCUT2D eigenvalue weighted by Gasteiger charge is -2.20. The molecule has 96 valence electrons. The van der Waals surface area contributed by atoms with E-state index >= 15 is 0 Å². The molecule has 1 atom stereocenters. The topological polar surface area (TPSA) is 66.0 Å². The number of nitrogens with zero attached hydrogens (tertiary/aromatic N) is 1. The molecule has 2 aliphatic rings. The van der Waals surface area contributed by atoms with Gasteiger partial charge in [-0.05, 0) is 37.1 Å². The molecule has 0 spiro atoms. The van der Waals surface area contributed by atoms with Crippen LogP contribution in [0.4, 0.5) is 0 Å². The standard InChI is InChI=1S/C13H18N4O/c18-13(17-10-1-3-15-7-10)12-8-16-6-9-5-14-4-2-11(9)12/h6,8,10,14-15H,1-5,7H2,(H,17,18). The lowest BCUT2D eigenvalue weighted by molar-refractivity contribution is 0.0938. The Morgan fingerprint density at radius 1 is 1.33 bits per heavy atom. The molecule has 1 fully saturated rings. The minimum Gasteiger partial charge on any atom is -0.348 e. The van der Waals surface area contributed by atoms with Crippen LogP contribution in [-0.2, 0) is 13.0 Å². The molecule has 1 aromatic rings. The van der Waals surface area contributed by atoms with Crippen molar-refractivity contribution in [1.29, 1.82) is 0 Å². The molecule has 3 heterocycles. The molecule has 3 rings (SSSR count). The second kappa shape index (κ2) is 5.04. The summed E-state index contributed by atoms with van der Waals surface area (Å²) in [6.07, 6.45) is 5.47. The third-order valence-corrected chi connectivity index (χ3v) is 3.65. The largest absolute Gasteiger partial charge is 0.348 e. The number of carbonyl (C=O) groups excluding carboxylic acids is 1. The average molecular weight is 246 g/mol. The van der Waals surface area contributed by atoms with Crippen LogP contribution in [0.5, 0.6) is 0 Å². The van der Waals surface area contributed by atoms with Gasteiger partial charge in [-0.2, -0.15) is 0 Å². The van der Waals surface area contributed by atoms with E-state index in [-0.39, 0.29) is 11.9 Å². The second-order valence-corrected chi connectivity index (χ2v) is 4.91. The van der Waals surface area contributed by atoms with E-state index < -0.39 is 0 Å². The first kappa shape index (κ1) is 11.6. The fraction of sp³-hybridized carbons (Fsp3) is 0.538. The van der Waals surface area contributed by atoms with Crippen LogP contribution in [0.25, 0.3) is 0 Å². The van der Waals surface area contributed by atoms with Gasteiger partial charge in [-0.25, -0.2) is 0 Å². The molecule has 0 aromatic carbocycles. The summed E-state index contributed by atoms with van der Waals surface area (Å²) >= 11 is 0. The molecule has 2 aliphatic heterocycles. The third-order valence-electron chi connectivity index (χ3n) is 3.65. The summed E-state index contributed by atoms with van der Waals surface area (Å²) in [6.45, 7) is 3.60. The number of nitrogens with one attached hydrogen (secondary N) is 3. The summed E-state index contributed by atoms with van der Waals surface area (Å²) in [5.41, 5.74) is 3.06. The SMILES string of the molecule is O=C(NC1CCNC1)c1cncc2c1CCNC2. The molecule has 3 N–H and O–H groups in total. The Hall–Kier alpha value is -1.46. The highest BCUT2D eigenvalue weighted by atomic mass is 16.1. The van der Waals surface area contributed by atoms with Crippen LogP contribution in [0.2, 0.25) is 0 Å². The van der Waals surface area contributed by atoms with Gasteiger partial charge in [0, 0.05) is 31.5 Å². The van der Waals surface area contributed by atoms with Crippen LogP contribution in [0, 0.1) is 0 Å². The van der Waals surface area contributed by atoms with Gasteiger partial charge in [0.1, 0.15) is 0 Å². The van der Waals surface area contributed by atoms with Crippen molar-refractivity contribution in [3.63, 3.8) is 0 Å². The Morgan fingerprint density at radius 3 is 3.11 bits per heavy atom. The number of aromatic nitrogens is 1. The Balaban J connectivity index is 1.80. The molecule has 5 nitrogen and oxygen atoms in total. The van der Waals surface area contributed by atoms with Gasteiger partial charge < -0.3 is 16.0 Å². The van der Waals surface area contributed by atoms with E-state index in [1.165, 1.54) is 0 Å². The smallest absolute Gasteiger partial charge is 0.253 e. The molecule has 18 heavy (non-hydrogen) atoms. The van der Waals surface area contributed by atoms with E-state index in [1.807, 2.05) is 6.20 Å². The molecular weight excluding hydrogens is 228 g/mol. The van der Waals surface area contributed by atoms with E-state index in [4.69, 9.17) is 0 Å². The molecule has 1 amide bonds. The van der Waals surface area contributed by atoms with Crippen LogP contribution in [-0.4, -0.2) is 36.6 Å². The average Bonchev–Trinajstić information content (AvgIpc) is 2.91. The van der Waals surface area contributed by atoms with Crippen LogP contribution in [0.3, 0.4) is 0 Å². The van der Waals surface area contributed by atoms with E-state index in [9.17, 15) is 4.79 Å². The van der Waals surface area contributed by atoms with Crippen molar-refractivity contribution in [2.24, 2.45) is 0 Å². The Morgan fingerprint density at radius 2 is 2.28 bits per heavy atom. The molecule has 1 unspecified atom stereocenters. The number of amides is 1. The number of carbonyl (C=O) groups is 1. The highest BCUT2D eigenvalue weighted by molar-refractivity contribution is 5.96. The van der Waals surface area contributed by atoms with Crippen molar-refractivity contribution < 1.29 is 4.79 Å². The molecule has 0 radical (unpaired) electrons. The van der Waals surface area contributed by atoms with Crippen molar-refractivity contribution >= 4 is 5.91 Å². The van der Waals surface area contributed by atoms with E-state index in [2.05, 4.69) is 20.9 Å². The molecule has 1 aromatic heterocycles. The highest BCUT2D eigenvalue weighted by Gasteiger charge is 2.21. The molecular formula is C13H18N4O. The number of hydrogen-bond acceptors (Lipinski definition) is 4. The van der Waals surface area contributed by atoms with Gasteiger partial charge in [0.15, 0.2) is 0 Å². The van der Waals surface area contributed by atoms with Gasteiger partial charge in [-0.3, -0.25) is 9.78 Å². The van der Waals surface area contributed by atoms with Gasteiger partial charge >= 0.3 is 0 Å². The van der Waals surface area contributed by atoms with Crippen LogP contribution < -0.4 is 16.0 Å². The maximum atomic E-state index is 12.3. The minimum atomic E-state index is 0.0231. The zero-order valence-corrected chi connectivity index (χ0v) is 10.3. The normalized spacial score (nSPS) is 22.6. The highest BCUT2D eigenvalue weighted by Crippen LogP contribution is 2.17. The first-order valence-corrected chi connectivity index (χ1v) is 6.52.